The Kier molecular flexibility index (Phi) is 3.34. The molecule has 0 radical (unpaired) electrons. The highest BCUT2D eigenvalue weighted by molar-refractivity contribution is 9.10. The van der Waals surface area contributed by atoms with Crippen LogP contribution in [0.25, 0.3) is 11.4 Å². The van der Waals surface area contributed by atoms with Crippen molar-refractivity contribution >= 4 is 15.9 Å². The zero-order valence-electron chi connectivity index (χ0n) is 9.31. The molecule has 0 aliphatic heterocycles. The molecule has 0 fully saturated rings. The summed E-state index contributed by atoms with van der Waals surface area (Å²) in [5, 5.41) is 0. The van der Waals surface area contributed by atoms with Crippen LogP contribution in [-0.4, -0.2) is 9.97 Å². The molecule has 0 N–H and O–H groups in total. The molecule has 0 bridgehead atoms. The van der Waals surface area contributed by atoms with Crippen molar-refractivity contribution in [3.8, 4) is 11.4 Å². The monoisotopic (exact) mass is 276 g/mol. The van der Waals surface area contributed by atoms with Crippen molar-refractivity contribution in [1.82, 2.24) is 9.97 Å². The lowest BCUT2D eigenvalue weighted by Crippen LogP contribution is -1.93. The van der Waals surface area contributed by atoms with Gasteiger partial charge in [0.2, 0.25) is 0 Å². The van der Waals surface area contributed by atoms with E-state index >= 15 is 0 Å². The highest BCUT2D eigenvalue weighted by Gasteiger charge is 2.08. The molecule has 0 aromatic carbocycles. The summed E-state index contributed by atoms with van der Waals surface area (Å²) in [6.45, 7) is 4.31. The number of nitrogens with zero attached hydrogens (tertiary/aromatic N) is 2. The molecule has 0 aliphatic carbocycles. The summed E-state index contributed by atoms with van der Waals surface area (Å²) in [5.74, 6) is 0.488. The van der Waals surface area contributed by atoms with E-state index in [-0.39, 0.29) is 0 Å². The molecular weight excluding hydrogens is 264 g/mol. The molecule has 0 saturated heterocycles. The Labute approximate surface area is 104 Å². The lowest BCUT2D eigenvalue weighted by molar-refractivity contribution is 0.857. The van der Waals surface area contributed by atoms with Crippen molar-refractivity contribution in [2.45, 2.75) is 19.8 Å². The van der Waals surface area contributed by atoms with Crippen molar-refractivity contribution in [1.29, 1.82) is 0 Å². The van der Waals surface area contributed by atoms with Crippen molar-refractivity contribution in [3.63, 3.8) is 0 Å². The molecule has 2 rings (SSSR count). The van der Waals surface area contributed by atoms with Gasteiger partial charge in [0.1, 0.15) is 5.69 Å². The summed E-state index contributed by atoms with van der Waals surface area (Å²) in [6.07, 6.45) is 3.69. The Morgan fingerprint density at radius 3 is 2.56 bits per heavy atom. The molecule has 0 aliphatic rings. The zero-order chi connectivity index (χ0) is 11.5. The van der Waals surface area contributed by atoms with Crippen LogP contribution >= 0.6 is 15.9 Å². The van der Waals surface area contributed by atoms with E-state index < -0.39 is 0 Å². The van der Waals surface area contributed by atoms with Gasteiger partial charge in [-0.2, -0.15) is 0 Å². The predicted octanol–water partition coefficient (Wildman–Crippen LogP) is 4.03. The number of hydrogen-bond acceptors (Lipinski definition) is 2. The van der Waals surface area contributed by atoms with E-state index in [9.17, 15) is 0 Å². The SMILES string of the molecule is CC(C)c1cnc(-c2ccccn2)c(Br)c1. The van der Waals surface area contributed by atoms with Gasteiger partial charge in [-0.1, -0.05) is 19.9 Å². The summed E-state index contributed by atoms with van der Waals surface area (Å²) >= 11 is 3.55. The fourth-order valence-corrected chi connectivity index (χ4v) is 2.03. The first-order valence-electron chi connectivity index (χ1n) is 5.25. The van der Waals surface area contributed by atoms with E-state index in [4.69, 9.17) is 0 Å². The number of hydrogen-bond donors (Lipinski definition) is 0. The molecule has 2 heterocycles. The maximum Gasteiger partial charge on any atom is 0.103 e. The molecule has 0 saturated carbocycles. The third-order valence-corrected chi connectivity index (χ3v) is 3.04. The van der Waals surface area contributed by atoms with Gasteiger partial charge in [-0.25, -0.2) is 0 Å². The zero-order valence-corrected chi connectivity index (χ0v) is 10.9. The second kappa shape index (κ2) is 4.74. The standard InChI is InChI=1S/C13H13BrN2/c1-9(2)10-7-11(14)13(16-8-10)12-5-3-4-6-15-12/h3-9H,1-2H3. The normalized spacial score (nSPS) is 10.8. The molecule has 2 nitrogen and oxygen atoms in total. The smallest absolute Gasteiger partial charge is 0.103 e. The number of halogens is 1. The summed E-state index contributed by atoms with van der Waals surface area (Å²) in [5.41, 5.74) is 3.02. The van der Waals surface area contributed by atoms with Gasteiger partial charge >= 0.3 is 0 Å². The first-order chi connectivity index (χ1) is 7.68. The Bertz CT molecular complexity index is 481. The Hall–Kier alpha value is -1.22. The van der Waals surface area contributed by atoms with Crippen LogP contribution in [0.3, 0.4) is 0 Å². The van der Waals surface area contributed by atoms with E-state index in [0.29, 0.717) is 5.92 Å². The third kappa shape index (κ3) is 2.30. The molecule has 0 unspecified atom stereocenters. The van der Waals surface area contributed by atoms with Gasteiger partial charge in [0.05, 0.1) is 5.69 Å². The van der Waals surface area contributed by atoms with E-state index in [1.807, 2.05) is 24.4 Å². The first-order valence-corrected chi connectivity index (χ1v) is 6.04. The van der Waals surface area contributed by atoms with Gasteiger partial charge in [-0.3, -0.25) is 9.97 Å². The van der Waals surface area contributed by atoms with Crippen molar-refractivity contribution in [2.24, 2.45) is 0 Å². The highest BCUT2D eigenvalue weighted by Crippen LogP contribution is 2.27. The first kappa shape index (κ1) is 11.3. The topological polar surface area (TPSA) is 25.8 Å². The minimum absolute atomic E-state index is 0.488. The quantitative estimate of drug-likeness (QED) is 0.828. The molecule has 16 heavy (non-hydrogen) atoms. The van der Waals surface area contributed by atoms with Crippen LogP contribution in [0.4, 0.5) is 0 Å². The molecule has 2 aromatic heterocycles. The molecule has 0 spiro atoms. The van der Waals surface area contributed by atoms with Crippen LogP contribution in [0.15, 0.2) is 41.1 Å². The molecule has 0 atom stereocenters. The van der Waals surface area contributed by atoms with Gasteiger partial charge in [-0.05, 0) is 45.6 Å². The second-order valence-corrected chi connectivity index (χ2v) is 4.82. The van der Waals surface area contributed by atoms with Gasteiger partial charge in [0.25, 0.3) is 0 Å². The fourth-order valence-electron chi connectivity index (χ4n) is 1.46. The number of rotatable bonds is 2. The third-order valence-electron chi connectivity index (χ3n) is 2.44. The van der Waals surface area contributed by atoms with Crippen LogP contribution in [0, 0.1) is 0 Å². The molecular formula is C13H13BrN2. The average Bonchev–Trinajstić information content (AvgIpc) is 2.30. The van der Waals surface area contributed by atoms with E-state index in [1.54, 1.807) is 6.20 Å². The Balaban J connectivity index is 2.45. The van der Waals surface area contributed by atoms with Gasteiger partial charge in [-0.15, -0.1) is 0 Å². The fraction of sp³-hybridized carbons (Fsp3) is 0.231. The average molecular weight is 277 g/mol. The summed E-state index contributed by atoms with van der Waals surface area (Å²) < 4.78 is 0.998. The summed E-state index contributed by atoms with van der Waals surface area (Å²) in [4.78, 5) is 8.75. The van der Waals surface area contributed by atoms with Crippen LogP contribution in [0.2, 0.25) is 0 Å². The molecule has 0 amide bonds. The maximum absolute atomic E-state index is 4.46. The van der Waals surface area contributed by atoms with Crippen LogP contribution in [0.5, 0.6) is 0 Å². The summed E-state index contributed by atoms with van der Waals surface area (Å²) in [6, 6.07) is 7.94. The lowest BCUT2D eigenvalue weighted by Gasteiger charge is -2.08. The molecule has 2 aromatic rings. The molecule has 3 heteroatoms. The number of pyridine rings is 2. The van der Waals surface area contributed by atoms with Gasteiger partial charge in [0.15, 0.2) is 0 Å². The minimum Gasteiger partial charge on any atom is -0.255 e. The maximum atomic E-state index is 4.46. The number of aromatic nitrogens is 2. The Morgan fingerprint density at radius 1 is 1.19 bits per heavy atom. The van der Waals surface area contributed by atoms with Crippen LogP contribution in [-0.2, 0) is 0 Å². The summed E-state index contributed by atoms with van der Waals surface area (Å²) in [7, 11) is 0. The van der Waals surface area contributed by atoms with Crippen LogP contribution in [0.1, 0.15) is 25.3 Å². The molecule has 82 valence electrons. The predicted molar refractivity (Wildman–Crippen MR) is 69.3 cm³/mol. The van der Waals surface area contributed by atoms with Crippen molar-refractivity contribution in [2.75, 3.05) is 0 Å². The highest BCUT2D eigenvalue weighted by atomic mass is 79.9. The van der Waals surface area contributed by atoms with Gasteiger partial charge in [0, 0.05) is 16.9 Å². The second-order valence-electron chi connectivity index (χ2n) is 3.97. The van der Waals surface area contributed by atoms with Gasteiger partial charge < -0.3 is 0 Å². The van der Waals surface area contributed by atoms with E-state index in [0.717, 1.165) is 15.9 Å². The largest absolute Gasteiger partial charge is 0.255 e. The minimum atomic E-state index is 0.488. The lowest BCUT2D eigenvalue weighted by atomic mass is 10.1. The van der Waals surface area contributed by atoms with Crippen molar-refractivity contribution < 1.29 is 0 Å². The Morgan fingerprint density at radius 2 is 2.00 bits per heavy atom. The van der Waals surface area contributed by atoms with Crippen molar-refractivity contribution in [3.05, 3.63) is 46.7 Å². The van der Waals surface area contributed by atoms with E-state index in [1.165, 1.54) is 5.56 Å². The van der Waals surface area contributed by atoms with E-state index in [2.05, 4.69) is 45.8 Å². The van der Waals surface area contributed by atoms with Crippen LogP contribution < -0.4 is 0 Å².